The van der Waals surface area contributed by atoms with E-state index in [-0.39, 0.29) is 23.5 Å². The number of hydrogen-bond acceptors (Lipinski definition) is 4. The predicted molar refractivity (Wildman–Crippen MR) is 144 cm³/mol. The molecule has 4 aromatic carbocycles. The van der Waals surface area contributed by atoms with Crippen LogP contribution in [-0.4, -0.2) is 19.2 Å². The van der Waals surface area contributed by atoms with Crippen LogP contribution in [0.15, 0.2) is 108 Å². The molecule has 204 valence electrons. The van der Waals surface area contributed by atoms with Gasteiger partial charge in [0.2, 0.25) is 5.91 Å². The first-order chi connectivity index (χ1) is 19.1. The van der Waals surface area contributed by atoms with Crippen molar-refractivity contribution in [3.05, 3.63) is 125 Å². The molecule has 0 aliphatic heterocycles. The minimum Gasteiger partial charge on any atom is -0.334 e. The molecule has 0 bridgehead atoms. The van der Waals surface area contributed by atoms with Gasteiger partial charge in [0.05, 0.1) is 16.9 Å². The van der Waals surface area contributed by atoms with Gasteiger partial charge in [-0.1, -0.05) is 91.0 Å². The number of nitrogens with zero attached hydrogens (tertiary/aromatic N) is 2. The van der Waals surface area contributed by atoms with Crippen molar-refractivity contribution >= 4 is 15.9 Å². The van der Waals surface area contributed by atoms with E-state index in [4.69, 9.17) is 5.26 Å². The first-order valence-corrected chi connectivity index (χ1v) is 13.6. The third-order valence-electron chi connectivity index (χ3n) is 6.23. The quantitative estimate of drug-likeness (QED) is 0.203. The Hall–Kier alpha value is -4.62. The van der Waals surface area contributed by atoms with Gasteiger partial charge in [-0.2, -0.15) is 18.4 Å². The van der Waals surface area contributed by atoms with Crippen LogP contribution in [0.5, 0.6) is 0 Å². The zero-order chi connectivity index (χ0) is 28.8. The summed E-state index contributed by atoms with van der Waals surface area (Å²) in [5.41, 5.74) is 1.54. The molecule has 0 saturated heterocycles. The van der Waals surface area contributed by atoms with E-state index in [0.717, 1.165) is 11.6 Å². The molecule has 1 amide bonds. The summed E-state index contributed by atoms with van der Waals surface area (Å²) in [7, 11) is -4.05. The maximum Gasteiger partial charge on any atom is 0.416 e. The van der Waals surface area contributed by atoms with Gasteiger partial charge in [-0.15, -0.1) is 0 Å². The van der Waals surface area contributed by atoms with Crippen LogP contribution in [0.4, 0.5) is 13.2 Å². The standard InChI is InChI=1S/C30H24F3N3O3S/c31-30(32,33)27-12-6-4-10-25(27)18-29(37)36(19-22-8-2-1-3-9-22)20-23-14-16-24(17-15-23)26-11-5-7-13-28(26)40(38,39)35-21-34/h1-17,35H,18-20H2. The van der Waals surface area contributed by atoms with Crippen molar-refractivity contribution in [3.8, 4) is 17.3 Å². The second-order valence-electron chi connectivity index (χ2n) is 8.98. The van der Waals surface area contributed by atoms with Crippen molar-refractivity contribution in [3.63, 3.8) is 0 Å². The lowest BCUT2D eigenvalue weighted by molar-refractivity contribution is -0.138. The molecule has 0 aliphatic carbocycles. The highest BCUT2D eigenvalue weighted by Gasteiger charge is 2.33. The number of sulfonamides is 1. The molecule has 4 rings (SSSR count). The van der Waals surface area contributed by atoms with E-state index in [1.807, 2.05) is 35.1 Å². The molecule has 1 N–H and O–H groups in total. The second-order valence-corrected chi connectivity index (χ2v) is 10.6. The van der Waals surface area contributed by atoms with Crippen molar-refractivity contribution in [2.75, 3.05) is 0 Å². The largest absolute Gasteiger partial charge is 0.416 e. The highest BCUT2D eigenvalue weighted by molar-refractivity contribution is 7.89. The van der Waals surface area contributed by atoms with E-state index < -0.39 is 34.1 Å². The number of amides is 1. The lowest BCUT2D eigenvalue weighted by atomic mass is 10.0. The minimum atomic E-state index is -4.58. The molecular formula is C30H24F3N3O3S. The first kappa shape index (κ1) is 28.4. The molecule has 0 atom stereocenters. The summed E-state index contributed by atoms with van der Waals surface area (Å²) in [5.74, 6) is -0.469. The van der Waals surface area contributed by atoms with Gasteiger partial charge in [0, 0.05) is 18.7 Å². The van der Waals surface area contributed by atoms with E-state index >= 15 is 0 Å². The van der Waals surface area contributed by atoms with Crippen LogP contribution in [0.3, 0.4) is 0 Å². The van der Waals surface area contributed by atoms with Crippen molar-refractivity contribution < 1.29 is 26.4 Å². The van der Waals surface area contributed by atoms with Crippen LogP contribution in [0.2, 0.25) is 0 Å². The summed E-state index contributed by atoms with van der Waals surface area (Å²) in [6.07, 6.45) is -3.56. The number of benzene rings is 4. The maximum absolute atomic E-state index is 13.5. The van der Waals surface area contributed by atoms with E-state index in [1.54, 1.807) is 42.5 Å². The zero-order valence-electron chi connectivity index (χ0n) is 21.1. The van der Waals surface area contributed by atoms with Gasteiger partial charge in [-0.3, -0.25) is 4.79 Å². The molecular weight excluding hydrogens is 539 g/mol. The fourth-order valence-electron chi connectivity index (χ4n) is 4.33. The Labute approximate surface area is 230 Å². The Morgan fingerprint density at radius 3 is 2.02 bits per heavy atom. The van der Waals surface area contributed by atoms with E-state index in [2.05, 4.69) is 0 Å². The average molecular weight is 564 g/mol. The Bertz CT molecular complexity index is 1630. The normalized spacial score (nSPS) is 11.4. The lowest BCUT2D eigenvalue weighted by Crippen LogP contribution is -2.32. The monoisotopic (exact) mass is 563 g/mol. The molecule has 4 aromatic rings. The van der Waals surface area contributed by atoms with E-state index in [9.17, 15) is 26.4 Å². The van der Waals surface area contributed by atoms with Crippen LogP contribution in [0.25, 0.3) is 11.1 Å². The van der Waals surface area contributed by atoms with Gasteiger partial charge in [-0.25, -0.2) is 13.1 Å². The van der Waals surface area contributed by atoms with Crippen molar-refractivity contribution in [2.24, 2.45) is 0 Å². The number of hydrogen-bond donors (Lipinski definition) is 1. The number of carbonyl (C=O) groups excluding carboxylic acids is 1. The molecule has 40 heavy (non-hydrogen) atoms. The Morgan fingerprint density at radius 2 is 1.38 bits per heavy atom. The molecule has 0 unspecified atom stereocenters. The highest BCUT2D eigenvalue weighted by atomic mass is 32.2. The third-order valence-corrected chi connectivity index (χ3v) is 7.52. The van der Waals surface area contributed by atoms with Crippen LogP contribution < -0.4 is 4.72 Å². The van der Waals surface area contributed by atoms with Gasteiger partial charge < -0.3 is 4.90 Å². The minimum absolute atomic E-state index is 0.0616. The van der Waals surface area contributed by atoms with Gasteiger partial charge in [-0.05, 0) is 34.4 Å². The van der Waals surface area contributed by atoms with Crippen molar-refractivity contribution in [1.29, 1.82) is 5.26 Å². The summed E-state index contributed by atoms with van der Waals surface area (Å²) >= 11 is 0. The Kier molecular flexibility index (Phi) is 8.55. The number of halogens is 3. The van der Waals surface area contributed by atoms with Gasteiger partial charge in [0.25, 0.3) is 10.0 Å². The maximum atomic E-state index is 13.5. The Balaban J connectivity index is 1.61. The molecule has 0 radical (unpaired) electrons. The fraction of sp³-hybridized carbons (Fsp3) is 0.133. The Morgan fingerprint density at radius 1 is 0.800 bits per heavy atom. The molecule has 0 saturated carbocycles. The SMILES string of the molecule is N#CNS(=O)(=O)c1ccccc1-c1ccc(CN(Cc2ccccc2)C(=O)Cc2ccccc2C(F)(F)F)cc1. The van der Waals surface area contributed by atoms with Crippen molar-refractivity contribution in [1.82, 2.24) is 9.62 Å². The first-order valence-electron chi connectivity index (χ1n) is 12.1. The van der Waals surface area contributed by atoms with Crippen LogP contribution >= 0.6 is 0 Å². The van der Waals surface area contributed by atoms with E-state index in [0.29, 0.717) is 16.7 Å². The number of carbonyl (C=O) groups is 1. The average Bonchev–Trinajstić information content (AvgIpc) is 2.93. The molecule has 6 nitrogen and oxygen atoms in total. The molecule has 0 aromatic heterocycles. The summed E-state index contributed by atoms with van der Waals surface area (Å²) in [5, 5.41) is 8.82. The third kappa shape index (κ3) is 6.87. The van der Waals surface area contributed by atoms with Crippen LogP contribution in [0.1, 0.15) is 22.3 Å². The van der Waals surface area contributed by atoms with E-state index in [1.165, 1.54) is 35.4 Å². The number of alkyl halides is 3. The number of nitrogens with one attached hydrogen (secondary N) is 1. The molecule has 0 fully saturated rings. The molecule has 0 spiro atoms. The van der Waals surface area contributed by atoms with Crippen LogP contribution in [0, 0.1) is 11.5 Å². The molecule has 0 heterocycles. The zero-order valence-corrected chi connectivity index (χ0v) is 21.9. The molecule has 0 aliphatic rings. The lowest BCUT2D eigenvalue weighted by Gasteiger charge is -2.24. The molecule has 10 heteroatoms. The second kappa shape index (κ2) is 12.1. The summed E-state index contributed by atoms with van der Waals surface area (Å²) in [4.78, 5) is 14.8. The summed E-state index contributed by atoms with van der Waals surface area (Å²) in [6.45, 7) is 0.314. The van der Waals surface area contributed by atoms with Gasteiger partial charge in [0.15, 0.2) is 6.19 Å². The highest BCUT2D eigenvalue weighted by Crippen LogP contribution is 2.32. The predicted octanol–water partition coefficient (Wildman–Crippen LogP) is 5.90. The number of rotatable bonds is 9. The number of nitriles is 1. The van der Waals surface area contributed by atoms with Crippen molar-refractivity contribution in [2.45, 2.75) is 30.6 Å². The van der Waals surface area contributed by atoms with Crippen LogP contribution in [-0.2, 0) is 40.5 Å². The smallest absolute Gasteiger partial charge is 0.334 e. The van der Waals surface area contributed by atoms with Gasteiger partial charge >= 0.3 is 6.18 Å². The van der Waals surface area contributed by atoms with Gasteiger partial charge in [0.1, 0.15) is 0 Å². The summed E-state index contributed by atoms with van der Waals surface area (Å²) < 4.78 is 67.4. The topological polar surface area (TPSA) is 90.3 Å². The summed E-state index contributed by atoms with van der Waals surface area (Å²) in [6, 6.07) is 27.2. The fourth-order valence-corrected chi connectivity index (χ4v) is 5.29.